The van der Waals surface area contributed by atoms with Crippen molar-refractivity contribution >= 4 is 12.4 Å². The molecule has 6 heteroatoms. The Kier molecular flexibility index (Phi) is 6.86. The van der Waals surface area contributed by atoms with Gasteiger partial charge < -0.3 is 10.1 Å². The highest BCUT2D eigenvalue weighted by Crippen LogP contribution is 2.21. The van der Waals surface area contributed by atoms with E-state index in [-0.39, 0.29) is 30.2 Å². The maximum Gasteiger partial charge on any atom is 0.250 e. The summed E-state index contributed by atoms with van der Waals surface area (Å²) >= 11 is 0. The van der Waals surface area contributed by atoms with E-state index in [1.807, 2.05) is 0 Å². The molecular weight excluding hydrogens is 305 g/mol. The molecule has 0 amide bonds. The lowest BCUT2D eigenvalue weighted by Gasteiger charge is -2.35. The highest BCUT2D eigenvalue weighted by Gasteiger charge is 2.25. The van der Waals surface area contributed by atoms with E-state index in [4.69, 9.17) is 4.74 Å². The Morgan fingerprint density at radius 1 is 1.32 bits per heavy atom. The van der Waals surface area contributed by atoms with Gasteiger partial charge >= 0.3 is 0 Å². The molecule has 0 aromatic carbocycles. The predicted octanol–water partition coefficient (Wildman–Crippen LogP) is 2.49. The van der Waals surface area contributed by atoms with Crippen LogP contribution >= 0.6 is 12.4 Å². The van der Waals surface area contributed by atoms with Crippen LogP contribution in [0.15, 0.2) is 18.3 Å². The molecule has 2 aliphatic heterocycles. The van der Waals surface area contributed by atoms with E-state index in [2.05, 4.69) is 15.2 Å². The van der Waals surface area contributed by atoms with Gasteiger partial charge in [0.05, 0.1) is 0 Å². The average molecular weight is 330 g/mol. The molecule has 3 rings (SSSR count). The highest BCUT2D eigenvalue weighted by molar-refractivity contribution is 5.85. The minimum absolute atomic E-state index is 0. The maximum absolute atomic E-state index is 13.6. The first-order valence-electron chi connectivity index (χ1n) is 8.01. The van der Waals surface area contributed by atoms with Crippen LogP contribution in [0.5, 0.6) is 5.88 Å². The summed E-state index contributed by atoms with van der Waals surface area (Å²) < 4.78 is 19.4. The van der Waals surface area contributed by atoms with Gasteiger partial charge in [-0.3, -0.25) is 4.90 Å². The lowest BCUT2D eigenvalue weighted by molar-refractivity contribution is 0.0688. The van der Waals surface area contributed by atoms with Crippen LogP contribution in [0.1, 0.15) is 25.7 Å². The van der Waals surface area contributed by atoms with E-state index in [1.165, 1.54) is 18.9 Å². The van der Waals surface area contributed by atoms with Crippen molar-refractivity contribution in [2.24, 2.45) is 5.92 Å². The molecular formula is C16H25ClFN3O. The molecule has 4 nitrogen and oxygen atoms in total. The Labute approximate surface area is 137 Å². The normalized spacial score (nSPS) is 23.8. The molecule has 1 aromatic heterocycles. The number of halogens is 2. The Morgan fingerprint density at radius 3 is 2.91 bits per heavy atom. The van der Waals surface area contributed by atoms with Crippen molar-refractivity contribution in [3.05, 3.63) is 24.1 Å². The lowest BCUT2D eigenvalue weighted by atomic mass is 9.96. The second-order valence-corrected chi connectivity index (χ2v) is 6.13. The molecule has 0 radical (unpaired) electrons. The third kappa shape index (κ3) is 4.80. The second-order valence-electron chi connectivity index (χ2n) is 6.13. The summed E-state index contributed by atoms with van der Waals surface area (Å²) in [6.45, 7) is 5.44. The third-order valence-electron chi connectivity index (χ3n) is 4.44. The molecule has 2 fully saturated rings. The van der Waals surface area contributed by atoms with E-state index >= 15 is 0 Å². The molecule has 0 spiro atoms. The fourth-order valence-electron chi connectivity index (χ4n) is 3.32. The van der Waals surface area contributed by atoms with E-state index in [9.17, 15) is 4.39 Å². The van der Waals surface area contributed by atoms with Crippen molar-refractivity contribution in [2.45, 2.75) is 31.8 Å². The fourth-order valence-corrected chi connectivity index (χ4v) is 3.32. The van der Waals surface area contributed by atoms with Crippen molar-refractivity contribution < 1.29 is 9.13 Å². The van der Waals surface area contributed by atoms with Crippen LogP contribution in [0, 0.1) is 11.7 Å². The van der Waals surface area contributed by atoms with Crippen LogP contribution in [0.2, 0.25) is 0 Å². The summed E-state index contributed by atoms with van der Waals surface area (Å²) in [6.07, 6.45) is 6.26. The predicted molar refractivity (Wildman–Crippen MR) is 87.1 cm³/mol. The molecule has 22 heavy (non-hydrogen) atoms. The number of nitrogens with one attached hydrogen (secondary N) is 1. The van der Waals surface area contributed by atoms with Crippen molar-refractivity contribution in [1.82, 2.24) is 15.2 Å². The van der Waals surface area contributed by atoms with Crippen LogP contribution in [0.3, 0.4) is 0 Å². The quantitative estimate of drug-likeness (QED) is 0.921. The number of nitrogens with zero attached hydrogens (tertiary/aromatic N) is 2. The van der Waals surface area contributed by atoms with Gasteiger partial charge in [0, 0.05) is 19.3 Å². The smallest absolute Gasteiger partial charge is 0.250 e. The number of likely N-dealkylation sites (tertiary alicyclic amines) is 1. The zero-order valence-corrected chi connectivity index (χ0v) is 13.7. The molecule has 0 aliphatic carbocycles. The summed E-state index contributed by atoms with van der Waals surface area (Å²) in [6, 6.07) is 2.99. The van der Waals surface area contributed by atoms with Gasteiger partial charge in [-0.15, -0.1) is 12.4 Å². The Balaban J connectivity index is 0.00000176. The Morgan fingerprint density at radius 2 is 2.14 bits per heavy atom. The van der Waals surface area contributed by atoms with Gasteiger partial charge in [0.1, 0.15) is 6.10 Å². The van der Waals surface area contributed by atoms with E-state index in [1.54, 1.807) is 12.3 Å². The number of pyridine rings is 1. The zero-order chi connectivity index (χ0) is 14.5. The second kappa shape index (κ2) is 8.65. The van der Waals surface area contributed by atoms with Crippen molar-refractivity contribution in [1.29, 1.82) is 0 Å². The van der Waals surface area contributed by atoms with Gasteiger partial charge in [-0.25, -0.2) is 9.37 Å². The van der Waals surface area contributed by atoms with Crippen molar-refractivity contribution in [3.8, 4) is 5.88 Å². The number of piperidine rings is 2. The van der Waals surface area contributed by atoms with Crippen molar-refractivity contribution in [2.75, 3.05) is 32.7 Å². The number of hydrogen-bond donors (Lipinski definition) is 1. The molecule has 1 N–H and O–H groups in total. The van der Waals surface area contributed by atoms with Crippen LogP contribution in [0.25, 0.3) is 0 Å². The molecule has 2 aliphatic rings. The van der Waals surface area contributed by atoms with Crippen LogP contribution < -0.4 is 10.1 Å². The number of hydrogen-bond acceptors (Lipinski definition) is 4. The summed E-state index contributed by atoms with van der Waals surface area (Å²) in [5.74, 6) is 0.566. The first-order valence-corrected chi connectivity index (χ1v) is 8.01. The van der Waals surface area contributed by atoms with Gasteiger partial charge in [-0.2, -0.15) is 0 Å². The number of aromatic nitrogens is 1. The first kappa shape index (κ1) is 17.4. The average Bonchev–Trinajstić information content (AvgIpc) is 2.51. The Bertz CT molecular complexity index is 457. The van der Waals surface area contributed by atoms with Gasteiger partial charge in [-0.1, -0.05) is 0 Å². The topological polar surface area (TPSA) is 37.4 Å². The van der Waals surface area contributed by atoms with Gasteiger partial charge in [0.2, 0.25) is 0 Å². The number of rotatable bonds is 4. The van der Waals surface area contributed by atoms with E-state index in [0.717, 1.165) is 51.5 Å². The first-order chi connectivity index (χ1) is 10.3. The fraction of sp³-hybridized carbons (Fsp3) is 0.688. The standard InChI is InChI=1S/C16H24FN3O.ClH/c17-15-4-1-7-19-16(15)21-14-3-2-10-20(12-14)11-13-5-8-18-9-6-13;/h1,4,7,13-14,18H,2-3,5-6,8-12H2;1H. The zero-order valence-electron chi connectivity index (χ0n) is 12.8. The Hall–Kier alpha value is -0.910. The SMILES string of the molecule is Cl.Fc1cccnc1OC1CCCN(CC2CCNCC2)C1. The molecule has 1 unspecified atom stereocenters. The maximum atomic E-state index is 13.6. The third-order valence-corrected chi connectivity index (χ3v) is 4.44. The molecule has 3 heterocycles. The van der Waals surface area contributed by atoms with Crippen molar-refractivity contribution in [3.63, 3.8) is 0 Å². The van der Waals surface area contributed by atoms with E-state index < -0.39 is 0 Å². The van der Waals surface area contributed by atoms with Gasteiger partial charge in [-0.05, 0) is 63.4 Å². The van der Waals surface area contributed by atoms with Gasteiger partial charge in [0.25, 0.3) is 5.88 Å². The number of ether oxygens (including phenoxy) is 1. The summed E-state index contributed by atoms with van der Waals surface area (Å²) in [5, 5.41) is 3.41. The van der Waals surface area contributed by atoms with Crippen LogP contribution in [-0.2, 0) is 0 Å². The monoisotopic (exact) mass is 329 g/mol. The molecule has 0 saturated carbocycles. The molecule has 0 bridgehead atoms. The van der Waals surface area contributed by atoms with E-state index in [0.29, 0.717) is 0 Å². The minimum atomic E-state index is -0.368. The highest BCUT2D eigenvalue weighted by atomic mass is 35.5. The van der Waals surface area contributed by atoms with Crippen LogP contribution in [0.4, 0.5) is 4.39 Å². The van der Waals surface area contributed by atoms with Gasteiger partial charge in [0.15, 0.2) is 5.82 Å². The summed E-state index contributed by atoms with van der Waals surface area (Å²) in [5.41, 5.74) is 0. The molecule has 2 saturated heterocycles. The molecule has 1 aromatic rings. The minimum Gasteiger partial charge on any atom is -0.471 e. The molecule has 1 atom stereocenters. The molecule has 124 valence electrons. The largest absolute Gasteiger partial charge is 0.471 e. The van der Waals surface area contributed by atoms with Crippen LogP contribution in [-0.4, -0.2) is 48.7 Å². The lowest BCUT2D eigenvalue weighted by Crippen LogP contribution is -2.44. The summed E-state index contributed by atoms with van der Waals surface area (Å²) in [4.78, 5) is 6.47. The summed E-state index contributed by atoms with van der Waals surface area (Å²) in [7, 11) is 0.